The SMILES string of the molecule is CCCC(C)COc1ccc2ccccc2c1C#CCN. The number of rotatable bonds is 5. The maximum absolute atomic E-state index is 6.01. The van der Waals surface area contributed by atoms with Crippen molar-refractivity contribution >= 4 is 10.8 Å². The van der Waals surface area contributed by atoms with Crippen molar-refractivity contribution in [2.24, 2.45) is 11.7 Å². The van der Waals surface area contributed by atoms with Gasteiger partial charge in [-0.05, 0) is 23.8 Å². The summed E-state index contributed by atoms with van der Waals surface area (Å²) in [5, 5.41) is 2.30. The van der Waals surface area contributed by atoms with Gasteiger partial charge in [0.2, 0.25) is 0 Å². The van der Waals surface area contributed by atoms with Gasteiger partial charge in [-0.25, -0.2) is 0 Å². The van der Waals surface area contributed by atoms with Crippen molar-refractivity contribution in [3.05, 3.63) is 42.0 Å². The van der Waals surface area contributed by atoms with E-state index in [1.165, 1.54) is 18.2 Å². The second-order valence-electron chi connectivity index (χ2n) is 5.37. The Morgan fingerprint density at radius 3 is 2.76 bits per heavy atom. The van der Waals surface area contributed by atoms with E-state index in [1.807, 2.05) is 18.2 Å². The van der Waals surface area contributed by atoms with Crippen LogP contribution in [0.5, 0.6) is 5.75 Å². The summed E-state index contributed by atoms with van der Waals surface area (Å²) >= 11 is 0. The number of benzene rings is 2. The molecule has 0 saturated heterocycles. The Morgan fingerprint density at radius 1 is 1.19 bits per heavy atom. The Balaban J connectivity index is 2.33. The smallest absolute Gasteiger partial charge is 0.135 e. The molecule has 1 unspecified atom stereocenters. The van der Waals surface area contributed by atoms with E-state index in [0.717, 1.165) is 23.3 Å². The van der Waals surface area contributed by atoms with Crippen LogP contribution in [0.25, 0.3) is 10.8 Å². The highest BCUT2D eigenvalue weighted by Crippen LogP contribution is 2.28. The predicted molar refractivity (Wildman–Crippen MR) is 89.4 cm³/mol. The first kappa shape index (κ1) is 15.4. The molecule has 0 saturated carbocycles. The van der Waals surface area contributed by atoms with E-state index >= 15 is 0 Å². The van der Waals surface area contributed by atoms with Crippen LogP contribution in [0.3, 0.4) is 0 Å². The Bertz CT molecular complexity index is 651. The maximum Gasteiger partial charge on any atom is 0.135 e. The molecule has 2 N–H and O–H groups in total. The van der Waals surface area contributed by atoms with Gasteiger partial charge in [-0.15, -0.1) is 0 Å². The molecule has 0 bridgehead atoms. The molecular formula is C19H23NO. The molecule has 0 radical (unpaired) electrons. The van der Waals surface area contributed by atoms with Crippen LogP contribution in [0.4, 0.5) is 0 Å². The fourth-order valence-corrected chi connectivity index (χ4v) is 2.45. The molecule has 0 spiro atoms. The third kappa shape index (κ3) is 4.00. The summed E-state index contributed by atoms with van der Waals surface area (Å²) in [5.74, 6) is 7.53. The van der Waals surface area contributed by atoms with Crippen LogP contribution < -0.4 is 10.5 Å². The molecule has 2 heteroatoms. The monoisotopic (exact) mass is 281 g/mol. The number of ether oxygens (including phenoxy) is 1. The zero-order valence-corrected chi connectivity index (χ0v) is 12.9. The predicted octanol–water partition coefficient (Wildman–Crippen LogP) is 3.97. The van der Waals surface area contributed by atoms with E-state index in [-0.39, 0.29) is 0 Å². The lowest BCUT2D eigenvalue weighted by molar-refractivity contribution is 0.251. The Hall–Kier alpha value is -1.98. The first-order valence-electron chi connectivity index (χ1n) is 7.59. The summed E-state index contributed by atoms with van der Waals surface area (Å²) < 4.78 is 6.01. The van der Waals surface area contributed by atoms with Crippen LogP contribution in [-0.4, -0.2) is 13.2 Å². The van der Waals surface area contributed by atoms with Crippen molar-refractivity contribution in [1.82, 2.24) is 0 Å². The Kier molecular flexibility index (Phi) is 5.66. The van der Waals surface area contributed by atoms with Crippen LogP contribution in [0.2, 0.25) is 0 Å². The van der Waals surface area contributed by atoms with Gasteiger partial charge in [-0.2, -0.15) is 0 Å². The summed E-state index contributed by atoms with van der Waals surface area (Å²) in [6.07, 6.45) is 2.36. The number of fused-ring (bicyclic) bond motifs is 1. The summed E-state index contributed by atoms with van der Waals surface area (Å²) in [6.45, 7) is 5.50. The second-order valence-corrected chi connectivity index (χ2v) is 5.37. The van der Waals surface area contributed by atoms with Gasteiger partial charge >= 0.3 is 0 Å². The van der Waals surface area contributed by atoms with Crippen LogP contribution in [0.1, 0.15) is 32.3 Å². The van der Waals surface area contributed by atoms with Crippen molar-refractivity contribution < 1.29 is 4.74 Å². The van der Waals surface area contributed by atoms with Crippen LogP contribution >= 0.6 is 0 Å². The molecule has 0 fully saturated rings. The van der Waals surface area contributed by atoms with Crippen molar-refractivity contribution in [3.8, 4) is 17.6 Å². The Morgan fingerprint density at radius 2 is 2.00 bits per heavy atom. The zero-order chi connectivity index (χ0) is 15.1. The molecular weight excluding hydrogens is 258 g/mol. The molecule has 0 aliphatic rings. The second kappa shape index (κ2) is 7.71. The van der Waals surface area contributed by atoms with Crippen molar-refractivity contribution in [3.63, 3.8) is 0 Å². The molecule has 110 valence electrons. The first-order valence-corrected chi connectivity index (χ1v) is 7.59. The van der Waals surface area contributed by atoms with Gasteiger partial charge in [0.15, 0.2) is 0 Å². The zero-order valence-electron chi connectivity index (χ0n) is 12.9. The van der Waals surface area contributed by atoms with Gasteiger partial charge in [-0.1, -0.05) is 62.4 Å². The third-order valence-electron chi connectivity index (χ3n) is 3.51. The average Bonchev–Trinajstić information content (AvgIpc) is 2.51. The molecule has 0 heterocycles. The molecule has 0 aliphatic heterocycles. The molecule has 21 heavy (non-hydrogen) atoms. The van der Waals surface area contributed by atoms with E-state index in [1.54, 1.807) is 0 Å². The molecule has 2 rings (SSSR count). The molecule has 0 amide bonds. The fraction of sp³-hybridized carbons (Fsp3) is 0.368. The van der Waals surface area contributed by atoms with E-state index in [0.29, 0.717) is 12.5 Å². The van der Waals surface area contributed by atoms with Crippen molar-refractivity contribution in [2.75, 3.05) is 13.2 Å². The lowest BCUT2D eigenvalue weighted by Gasteiger charge is -2.14. The van der Waals surface area contributed by atoms with Crippen molar-refractivity contribution in [2.45, 2.75) is 26.7 Å². The summed E-state index contributed by atoms with van der Waals surface area (Å²) in [7, 11) is 0. The third-order valence-corrected chi connectivity index (χ3v) is 3.51. The highest BCUT2D eigenvalue weighted by Gasteiger charge is 2.08. The lowest BCUT2D eigenvalue weighted by Crippen LogP contribution is -2.09. The van der Waals surface area contributed by atoms with E-state index in [4.69, 9.17) is 10.5 Å². The van der Waals surface area contributed by atoms with Gasteiger partial charge < -0.3 is 10.5 Å². The summed E-state index contributed by atoms with van der Waals surface area (Å²) in [6, 6.07) is 12.3. The van der Waals surface area contributed by atoms with E-state index in [9.17, 15) is 0 Å². The molecule has 2 aromatic rings. The number of hydrogen-bond acceptors (Lipinski definition) is 2. The maximum atomic E-state index is 6.01. The largest absolute Gasteiger partial charge is 0.492 e. The van der Waals surface area contributed by atoms with Gasteiger partial charge in [0, 0.05) is 5.39 Å². The van der Waals surface area contributed by atoms with Gasteiger partial charge in [0.05, 0.1) is 18.7 Å². The van der Waals surface area contributed by atoms with E-state index < -0.39 is 0 Å². The topological polar surface area (TPSA) is 35.2 Å². The van der Waals surface area contributed by atoms with Gasteiger partial charge in [0.1, 0.15) is 5.75 Å². The number of nitrogens with two attached hydrogens (primary N) is 1. The highest BCUT2D eigenvalue weighted by molar-refractivity contribution is 5.90. The summed E-state index contributed by atoms with van der Waals surface area (Å²) in [4.78, 5) is 0. The normalized spacial score (nSPS) is 11.8. The minimum absolute atomic E-state index is 0.356. The average molecular weight is 281 g/mol. The standard InChI is InChI=1S/C19H23NO/c1-3-7-15(2)14-21-19-12-11-16-8-4-5-9-17(16)18(19)10-6-13-20/h4-5,8-9,11-12,15H,3,7,13-14,20H2,1-2H3. The van der Waals surface area contributed by atoms with Crippen molar-refractivity contribution in [1.29, 1.82) is 0 Å². The van der Waals surface area contributed by atoms with E-state index in [2.05, 4.69) is 43.9 Å². The van der Waals surface area contributed by atoms with Crippen LogP contribution in [0.15, 0.2) is 36.4 Å². The molecule has 2 aromatic carbocycles. The lowest BCUT2D eigenvalue weighted by atomic mass is 10.0. The van der Waals surface area contributed by atoms with Gasteiger partial charge in [-0.3, -0.25) is 0 Å². The first-order chi connectivity index (χ1) is 10.3. The molecule has 0 aromatic heterocycles. The van der Waals surface area contributed by atoms with Crippen LogP contribution in [-0.2, 0) is 0 Å². The Labute approximate surface area is 127 Å². The molecule has 1 atom stereocenters. The molecule has 0 aliphatic carbocycles. The summed E-state index contributed by atoms with van der Waals surface area (Å²) in [5.41, 5.74) is 6.46. The minimum Gasteiger partial charge on any atom is -0.492 e. The molecule has 2 nitrogen and oxygen atoms in total. The quantitative estimate of drug-likeness (QED) is 0.842. The van der Waals surface area contributed by atoms with Gasteiger partial charge in [0.25, 0.3) is 0 Å². The fourth-order valence-electron chi connectivity index (χ4n) is 2.45. The highest BCUT2D eigenvalue weighted by atomic mass is 16.5. The number of hydrogen-bond donors (Lipinski definition) is 1. The minimum atomic E-state index is 0.356. The van der Waals surface area contributed by atoms with Crippen LogP contribution in [0, 0.1) is 17.8 Å².